The predicted octanol–water partition coefficient (Wildman–Crippen LogP) is 4.73. The summed E-state index contributed by atoms with van der Waals surface area (Å²) in [5, 5.41) is 3.44. The largest absolute Gasteiger partial charge is 0.456 e. The topological polar surface area (TPSA) is 34.1 Å². The van der Waals surface area contributed by atoms with E-state index in [2.05, 4.69) is 24.1 Å². The minimum Gasteiger partial charge on any atom is -0.456 e. The first-order chi connectivity index (χ1) is 10.1. The molecule has 0 spiro atoms. The van der Waals surface area contributed by atoms with E-state index in [1.54, 1.807) is 12.3 Å². The van der Waals surface area contributed by atoms with Crippen LogP contribution in [0.15, 0.2) is 36.5 Å². The number of ether oxygens (including phenoxy) is 1. The van der Waals surface area contributed by atoms with Crippen LogP contribution in [0.3, 0.4) is 0 Å². The second-order valence-electron chi connectivity index (χ2n) is 4.77. The molecule has 0 amide bonds. The van der Waals surface area contributed by atoms with Crippen molar-refractivity contribution < 1.29 is 9.13 Å². The van der Waals surface area contributed by atoms with Gasteiger partial charge in [0, 0.05) is 12.1 Å². The molecule has 1 aromatic carbocycles. The molecule has 3 nitrogen and oxygen atoms in total. The zero-order valence-corrected chi connectivity index (χ0v) is 12.8. The van der Waals surface area contributed by atoms with E-state index in [1.165, 1.54) is 12.1 Å². The zero-order valence-electron chi connectivity index (χ0n) is 12.1. The van der Waals surface area contributed by atoms with Crippen LogP contribution >= 0.6 is 11.6 Å². The lowest BCUT2D eigenvalue weighted by molar-refractivity contribution is 0.472. The van der Waals surface area contributed by atoms with Gasteiger partial charge in [-0.1, -0.05) is 18.5 Å². The number of hydrogen-bond donors (Lipinski definition) is 1. The first kappa shape index (κ1) is 15.7. The number of benzene rings is 1. The Hall–Kier alpha value is -1.65. The van der Waals surface area contributed by atoms with Crippen LogP contribution in [-0.2, 0) is 0 Å². The first-order valence-electron chi connectivity index (χ1n) is 6.92. The van der Waals surface area contributed by atoms with E-state index in [4.69, 9.17) is 16.3 Å². The van der Waals surface area contributed by atoms with Crippen LogP contribution in [0, 0.1) is 5.82 Å². The molecule has 0 aliphatic carbocycles. The lowest BCUT2D eigenvalue weighted by Gasteiger charge is -2.13. The van der Waals surface area contributed by atoms with E-state index in [0.717, 1.165) is 18.7 Å². The normalized spacial score (nSPS) is 12.2. The lowest BCUT2D eigenvalue weighted by Crippen LogP contribution is -2.20. The van der Waals surface area contributed by atoms with Crippen molar-refractivity contribution in [1.82, 2.24) is 10.3 Å². The SMILES string of the molecule is CCCNC(C)c1ccc(Oc2ccc(Cl)c(F)c2)cn1. The minimum atomic E-state index is -0.504. The first-order valence-corrected chi connectivity index (χ1v) is 7.30. The van der Waals surface area contributed by atoms with Crippen molar-refractivity contribution >= 4 is 11.6 Å². The summed E-state index contributed by atoms with van der Waals surface area (Å²) in [5.41, 5.74) is 0.943. The maximum Gasteiger partial charge on any atom is 0.145 e. The Bertz CT molecular complexity index is 589. The molecule has 21 heavy (non-hydrogen) atoms. The van der Waals surface area contributed by atoms with Gasteiger partial charge in [-0.05, 0) is 44.2 Å². The number of nitrogens with zero attached hydrogens (tertiary/aromatic N) is 1. The monoisotopic (exact) mass is 308 g/mol. The highest BCUT2D eigenvalue weighted by Crippen LogP contribution is 2.25. The summed E-state index contributed by atoms with van der Waals surface area (Å²) in [6.07, 6.45) is 2.71. The molecular formula is C16H18ClFN2O. The van der Waals surface area contributed by atoms with Gasteiger partial charge in [0.05, 0.1) is 16.9 Å². The van der Waals surface area contributed by atoms with Gasteiger partial charge < -0.3 is 10.1 Å². The second-order valence-corrected chi connectivity index (χ2v) is 5.18. The smallest absolute Gasteiger partial charge is 0.145 e. The molecule has 2 rings (SSSR count). The Morgan fingerprint density at radius 3 is 2.67 bits per heavy atom. The van der Waals surface area contributed by atoms with Crippen molar-refractivity contribution in [1.29, 1.82) is 0 Å². The van der Waals surface area contributed by atoms with Crippen LogP contribution in [0.25, 0.3) is 0 Å². The van der Waals surface area contributed by atoms with Crippen LogP contribution in [-0.4, -0.2) is 11.5 Å². The van der Waals surface area contributed by atoms with Crippen LogP contribution in [0.5, 0.6) is 11.5 Å². The summed E-state index contributed by atoms with van der Waals surface area (Å²) >= 11 is 5.63. The highest BCUT2D eigenvalue weighted by atomic mass is 35.5. The molecular weight excluding hydrogens is 291 g/mol. The van der Waals surface area contributed by atoms with Gasteiger partial charge in [-0.15, -0.1) is 0 Å². The molecule has 0 saturated heterocycles. The third kappa shape index (κ3) is 4.41. The summed E-state index contributed by atoms with van der Waals surface area (Å²) < 4.78 is 18.9. The van der Waals surface area contributed by atoms with Crippen LogP contribution in [0.1, 0.15) is 32.0 Å². The fraction of sp³-hybridized carbons (Fsp3) is 0.312. The third-order valence-corrected chi connectivity index (χ3v) is 3.34. The number of pyridine rings is 1. The molecule has 0 saturated carbocycles. The molecule has 1 heterocycles. The second kappa shape index (κ2) is 7.38. The molecule has 1 unspecified atom stereocenters. The Morgan fingerprint density at radius 2 is 2.05 bits per heavy atom. The summed E-state index contributed by atoms with van der Waals surface area (Å²) in [6.45, 7) is 5.13. The van der Waals surface area contributed by atoms with Gasteiger partial charge in [0.15, 0.2) is 0 Å². The van der Waals surface area contributed by atoms with Crippen molar-refractivity contribution in [2.75, 3.05) is 6.54 Å². The third-order valence-electron chi connectivity index (χ3n) is 3.03. The quantitative estimate of drug-likeness (QED) is 0.838. The van der Waals surface area contributed by atoms with Gasteiger partial charge in [0.2, 0.25) is 0 Å². The minimum absolute atomic E-state index is 0.0756. The number of halogens is 2. The van der Waals surface area contributed by atoms with Crippen molar-refractivity contribution in [3.05, 3.63) is 53.1 Å². The average Bonchev–Trinajstić information content (AvgIpc) is 2.49. The van der Waals surface area contributed by atoms with Gasteiger partial charge >= 0.3 is 0 Å². The number of aromatic nitrogens is 1. The Morgan fingerprint density at radius 1 is 1.29 bits per heavy atom. The predicted molar refractivity (Wildman–Crippen MR) is 82.4 cm³/mol. The van der Waals surface area contributed by atoms with Gasteiger partial charge in [-0.3, -0.25) is 4.98 Å². The van der Waals surface area contributed by atoms with Crippen molar-refractivity contribution in [2.24, 2.45) is 0 Å². The number of rotatable bonds is 6. The number of nitrogens with one attached hydrogen (secondary N) is 1. The molecule has 2 aromatic rings. The molecule has 0 radical (unpaired) electrons. The Kier molecular flexibility index (Phi) is 5.53. The van der Waals surface area contributed by atoms with Crippen molar-refractivity contribution in [3.63, 3.8) is 0 Å². The van der Waals surface area contributed by atoms with Gasteiger partial charge in [-0.25, -0.2) is 4.39 Å². The van der Waals surface area contributed by atoms with E-state index >= 15 is 0 Å². The molecule has 1 N–H and O–H groups in total. The van der Waals surface area contributed by atoms with Gasteiger partial charge in [0.1, 0.15) is 17.3 Å². The van der Waals surface area contributed by atoms with Gasteiger partial charge in [-0.2, -0.15) is 0 Å². The van der Waals surface area contributed by atoms with E-state index in [1.807, 2.05) is 12.1 Å². The highest BCUT2D eigenvalue weighted by molar-refractivity contribution is 6.30. The molecule has 0 bridgehead atoms. The summed E-state index contributed by atoms with van der Waals surface area (Å²) in [7, 11) is 0. The zero-order chi connectivity index (χ0) is 15.2. The van der Waals surface area contributed by atoms with E-state index in [-0.39, 0.29) is 11.1 Å². The Labute approximate surface area is 129 Å². The molecule has 0 fully saturated rings. The molecule has 0 aliphatic heterocycles. The Balaban J connectivity index is 2.03. The summed E-state index contributed by atoms with van der Waals surface area (Å²) in [5.74, 6) is 0.447. The van der Waals surface area contributed by atoms with Crippen LogP contribution in [0.4, 0.5) is 4.39 Å². The maximum absolute atomic E-state index is 13.3. The van der Waals surface area contributed by atoms with Crippen molar-refractivity contribution in [3.8, 4) is 11.5 Å². The fourth-order valence-corrected chi connectivity index (χ4v) is 1.97. The average molecular weight is 309 g/mol. The van der Waals surface area contributed by atoms with Gasteiger partial charge in [0.25, 0.3) is 0 Å². The summed E-state index contributed by atoms with van der Waals surface area (Å²) in [6, 6.07) is 8.23. The van der Waals surface area contributed by atoms with E-state index in [9.17, 15) is 4.39 Å². The molecule has 1 aromatic heterocycles. The fourth-order valence-electron chi connectivity index (χ4n) is 1.85. The maximum atomic E-state index is 13.3. The van der Waals surface area contributed by atoms with E-state index < -0.39 is 5.82 Å². The number of hydrogen-bond acceptors (Lipinski definition) is 3. The lowest BCUT2D eigenvalue weighted by atomic mass is 10.2. The molecule has 1 atom stereocenters. The van der Waals surface area contributed by atoms with E-state index in [0.29, 0.717) is 11.5 Å². The van der Waals surface area contributed by atoms with Crippen LogP contribution in [0.2, 0.25) is 5.02 Å². The molecule has 112 valence electrons. The molecule has 0 aliphatic rings. The van der Waals surface area contributed by atoms with Crippen molar-refractivity contribution in [2.45, 2.75) is 26.3 Å². The molecule has 5 heteroatoms. The highest BCUT2D eigenvalue weighted by Gasteiger charge is 2.07. The van der Waals surface area contributed by atoms with Crippen LogP contribution < -0.4 is 10.1 Å². The standard InChI is InChI=1S/C16H18ClFN2O/c1-3-8-19-11(2)16-7-5-13(10-20-16)21-12-4-6-14(17)15(18)9-12/h4-7,9-11,19H,3,8H2,1-2H3. The summed E-state index contributed by atoms with van der Waals surface area (Å²) in [4.78, 5) is 4.36.